The molecule has 94 heavy (non-hydrogen) atoms. The van der Waals surface area contributed by atoms with Crippen LogP contribution in [0.3, 0.4) is 0 Å². The lowest BCUT2D eigenvalue weighted by Gasteiger charge is -2.15. The summed E-state index contributed by atoms with van der Waals surface area (Å²) in [5.74, 6) is -0.563. The first kappa shape index (κ1) is 91.3. The summed E-state index contributed by atoms with van der Waals surface area (Å²) in [6, 6.07) is 0. The zero-order chi connectivity index (χ0) is 67.5. The molecule has 1 N–H and O–H groups in total. The molecule has 1 atom stereocenters. The number of ether oxygens (including phenoxy) is 2. The molecule has 0 rings (SSSR count). The maximum Gasteiger partial charge on any atom is 0.306 e. The number of allylic oxidation sites excluding steroid dienone is 12. The second-order valence-electron chi connectivity index (χ2n) is 28.9. The molecule has 0 aliphatic carbocycles. The van der Waals surface area contributed by atoms with Gasteiger partial charge in [0.25, 0.3) is 0 Å². The smallest absolute Gasteiger partial charge is 0.306 e. The monoisotopic (exact) mass is 1310 g/mol. The lowest BCUT2D eigenvalue weighted by Crippen LogP contribution is -2.28. The summed E-state index contributed by atoms with van der Waals surface area (Å²) < 4.78 is 10.8. The first-order valence-corrected chi connectivity index (χ1v) is 42.5. The number of rotatable bonds is 80. The highest BCUT2D eigenvalue weighted by molar-refractivity contribution is 5.70. The summed E-state index contributed by atoms with van der Waals surface area (Å²) in [6.07, 6.45) is 119. The quantitative estimate of drug-likeness (QED) is 0.0373. The largest absolute Gasteiger partial charge is 0.462 e. The van der Waals surface area contributed by atoms with E-state index >= 15 is 0 Å². The number of aliphatic hydroxyl groups excluding tert-OH is 1. The van der Waals surface area contributed by atoms with Gasteiger partial charge in [-0.3, -0.25) is 9.59 Å². The molecule has 0 aromatic carbocycles. The number of carbonyl (C=O) groups is 2. The standard InChI is InChI=1S/C89H164O5/c1-3-5-7-9-11-13-15-17-19-21-23-25-27-29-31-33-35-37-39-41-43-44-46-48-50-52-54-56-58-60-62-64-66-68-70-72-74-76-78-80-82-84-89(92)94-87(85-90)86-93-88(91)83-81-79-77-75-73-71-69-67-65-63-61-59-57-55-53-51-49-47-45-42-40-38-36-34-32-30-28-26-24-22-20-18-16-14-12-10-8-6-4-2/h5,7,11,13,17,19,23,25,29,31,35,37,87,90H,3-4,6,8-10,12,14-16,18,20-22,24,26-28,30,32-34,36,38-86H2,1-2H3/b7-5-,13-11-,19-17-,25-23-,31-29-,37-35-. The lowest BCUT2D eigenvalue weighted by molar-refractivity contribution is -0.161. The van der Waals surface area contributed by atoms with Gasteiger partial charge in [-0.2, -0.15) is 0 Å². The van der Waals surface area contributed by atoms with Crippen molar-refractivity contribution in [2.24, 2.45) is 0 Å². The molecule has 0 spiro atoms. The van der Waals surface area contributed by atoms with Crippen LogP contribution in [-0.4, -0.2) is 36.4 Å². The van der Waals surface area contributed by atoms with Crippen LogP contribution in [0.1, 0.15) is 463 Å². The molecule has 0 saturated carbocycles. The highest BCUT2D eigenvalue weighted by Gasteiger charge is 2.16. The Bertz CT molecular complexity index is 1640. The molecule has 0 fully saturated rings. The van der Waals surface area contributed by atoms with Crippen molar-refractivity contribution in [2.75, 3.05) is 13.2 Å². The third-order valence-electron chi connectivity index (χ3n) is 19.5. The number of unbranched alkanes of at least 4 members (excludes halogenated alkanes) is 60. The molecule has 0 aromatic rings. The molecule has 5 heteroatoms. The Morgan fingerprint density at radius 1 is 0.255 bits per heavy atom. The van der Waals surface area contributed by atoms with Gasteiger partial charge in [0, 0.05) is 12.8 Å². The normalized spacial score (nSPS) is 12.5. The van der Waals surface area contributed by atoms with Gasteiger partial charge in [-0.1, -0.05) is 459 Å². The average molecular weight is 1310 g/mol. The molecular formula is C89H164O5. The Balaban J connectivity index is 3.37. The molecule has 0 saturated heterocycles. The van der Waals surface area contributed by atoms with E-state index in [1.165, 1.54) is 366 Å². The Labute approximate surface area is 588 Å². The van der Waals surface area contributed by atoms with Gasteiger partial charge in [-0.15, -0.1) is 0 Å². The van der Waals surface area contributed by atoms with Crippen molar-refractivity contribution in [2.45, 2.75) is 469 Å². The van der Waals surface area contributed by atoms with Gasteiger partial charge < -0.3 is 14.6 Å². The summed E-state index contributed by atoms with van der Waals surface area (Å²) in [5.41, 5.74) is 0. The molecule has 0 aliphatic rings. The highest BCUT2D eigenvalue weighted by Crippen LogP contribution is 2.21. The van der Waals surface area contributed by atoms with Crippen molar-refractivity contribution in [1.29, 1.82) is 0 Å². The third-order valence-corrected chi connectivity index (χ3v) is 19.5. The van der Waals surface area contributed by atoms with Crippen LogP contribution < -0.4 is 0 Å². The summed E-state index contributed by atoms with van der Waals surface area (Å²) in [4.78, 5) is 24.8. The van der Waals surface area contributed by atoms with Gasteiger partial charge >= 0.3 is 11.9 Å². The van der Waals surface area contributed by atoms with Crippen molar-refractivity contribution in [3.05, 3.63) is 72.9 Å². The SMILES string of the molecule is CC/C=C\C/C=C\C/C=C\C/C=C\C/C=C\C/C=C\CCCCCCCCCCCCCCCCCCCCCCCCC(=O)OC(CO)COC(=O)CCCCCCCCCCCCCCCCCCCCCCCCCCCCCCCCCCCCCCCCC. The van der Waals surface area contributed by atoms with Crippen molar-refractivity contribution in [3.8, 4) is 0 Å². The number of hydrogen-bond acceptors (Lipinski definition) is 5. The molecule has 0 aliphatic heterocycles. The maximum absolute atomic E-state index is 12.4. The summed E-state index contributed by atoms with van der Waals surface area (Å²) in [6.45, 7) is 4.10. The van der Waals surface area contributed by atoms with Crippen molar-refractivity contribution >= 4 is 11.9 Å². The first-order valence-electron chi connectivity index (χ1n) is 42.5. The predicted molar refractivity (Wildman–Crippen MR) is 417 cm³/mol. The van der Waals surface area contributed by atoms with E-state index in [-0.39, 0.29) is 25.2 Å². The Kier molecular flexibility index (Phi) is 82.2. The molecule has 1 unspecified atom stereocenters. The number of hydrogen-bond donors (Lipinski definition) is 1. The van der Waals surface area contributed by atoms with Crippen LogP contribution >= 0.6 is 0 Å². The Hall–Kier alpha value is -2.66. The predicted octanol–water partition coefficient (Wildman–Crippen LogP) is 30.1. The minimum atomic E-state index is -0.772. The van der Waals surface area contributed by atoms with E-state index in [4.69, 9.17) is 9.47 Å². The summed E-state index contributed by atoms with van der Waals surface area (Å²) >= 11 is 0. The minimum Gasteiger partial charge on any atom is -0.462 e. The first-order chi connectivity index (χ1) is 46.6. The van der Waals surface area contributed by atoms with Gasteiger partial charge in [0.05, 0.1) is 6.61 Å². The van der Waals surface area contributed by atoms with Crippen LogP contribution in [0.5, 0.6) is 0 Å². The molecule has 0 aromatic heterocycles. The fraction of sp³-hybridized carbons (Fsp3) is 0.843. The second-order valence-corrected chi connectivity index (χ2v) is 28.9. The van der Waals surface area contributed by atoms with E-state index < -0.39 is 6.10 Å². The maximum atomic E-state index is 12.4. The van der Waals surface area contributed by atoms with Crippen LogP contribution in [0.25, 0.3) is 0 Å². The summed E-state index contributed by atoms with van der Waals surface area (Å²) in [7, 11) is 0. The molecule has 0 radical (unpaired) electrons. The van der Waals surface area contributed by atoms with Crippen LogP contribution in [0.15, 0.2) is 72.9 Å². The molecule has 5 nitrogen and oxygen atoms in total. The number of aliphatic hydroxyl groups is 1. The van der Waals surface area contributed by atoms with Crippen molar-refractivity contribution in [3.63, 3.8) is 0 Å². The van der Waals surface area contributed by atoms with Crippen LogP contribution in [0, 0.1) is 0 Å². The lowest BCUT2D eigenvalue weighted by atomic mass is 10.0. The van der Waals surface area contributed by atoms with Crippen molar-refractivity contribution < 1.29 is 24.2 Å². The van der Waals surface area contributed by atoms with E-state index in [0.29, 0.717) is 12.8 Å². The Morgan fingerprint density at radius 3 is 0.691 bits per heavy atom. The molecule has 0 heterocycles. The van der Waals surface area contributed by atoms with E-state index in [1.807, 2.05) is 0 Å². The number of esters is 2. The van der Waals surface area contributed by atoms with Gasteiger partial charge in [0.15, 0.2) is 6.10 Å². The fourth-order valence-electron chi connectivity index (χ4n) is 13.2. The fourth-order valence-corrected chi connectivity index (χ4v) is 13.2. The zero-order valence-electron chi connectivity index (χ0n) is 63.5. The topological polar surface area (TPSA) is 72.8 Å². The molecule has 0 amide bonds. The van der Waals surface area contributed by atoms with Gasteiger partial charge in [0.1, 0.15) is 6.61 Å². The zero-order valence-corrected chi connectivity index (χ0v) is 63.5. The third kappa shape index (κ3) is 81.8. The number of carbonyl (C=O) groups excluding carboxylic acids is 2. The van der Waals surface area contributed by atoms with E-state index in [0.717, 1.165) is 70.6 Å². The summed E-state index contributed by atoms with van der Waals surface area (Å²) in [5, 5.41) is 9.74. The van der Waals surface area contributed by atoms with Gasteiger partial charge in [-0.05, 0) is 64.2 Å². The van der Waals surface area contributed by atoms with Crippen LogP contribution in [-0.2, 0) is 19.1 Å². The van der Waals surface area contributed by atoms with Gasteiger partial charge in [0.2, 0.25) is 0 Å². The van der Waals surface area contributed by atoms with E-state index in [9.17, 15) is 14.7 Å². The molecular weight excluding hydrogens is 1150 g/mol. The van der Waals surface area contributed by atoms with Crippen molar-refractivity contribution in [1.82, 2.24) is 0 Å². The Morgan fingerprint density at radius 2 is 0.457 bits per heavy atom. The van der Waals surface area contributed by atoms with Crippen LogP contribution in [0.4, 0.5) is 0 Å². The highest BCUT2D eigenvalue weighted by atomic mass is 16.6. The average Bonchev–Trinajstić information content (AvgIpc) is 3.77. The van der Waals surface area contributed by atoms with E-state index in [1.54, 1.807) is 0 Å². The molecule has 550 valence electrons. The van der Waals surface area contributed by atoms with Gasteiger partial charge in [-0.25, -0.2) is 0 Å². The van der Waals surface area contributed by atoms with E-state index in [2.05, 4.69) is 86.8 Å². The second kappa shape index (κ2) is 84.6. The molecule has 0 bridgehead atoms. The van der Waals surface area contributed by atoms with Crippen LogP contribution in [0.2, 0.25) is 0 Å². The minimum absolute atomic E-state index is 0.0596.